The highest BCUT2D eigenvalue weighted by atomic mass is 79.9. The lowest BCUT2D eigenvalue weighted by Gasteiger charge is -2.23. The van der Waals surface area contributed by atoms with Gasteiger partial charge in [0.15, 0.2) is 15.9 Å². The molecule has 0 saturated heterocycles. The largest absolute Gasteiger partial charge is 0.480 e. The molecule has 29 heavy (non-hydrogen) atoms. The Morgan fingerprint density at radius 2 is 1.93 bits per heavy atom. The van der Waals surface area contributed by atoms with Crippen LogP contribution in [0.25, 0.3) is 0 Å². The van der Waals surface area contributed by atoms with E-state index in [0.717, 1.165) is 41.4 Å². The standard InChI is InChI=1S/C19H17BrF3NO4S/c1-11(19(21,22)23)28-17-7-6-12(29(2,26)27)10-14(17)18(25)24-9-8-13-15(20)4-3-5-16(13)24/h3-7,10-11H,8-9H2,1-2H3/t11-/m0/s1. The van der Waals surface area contributed by atoms with Crippen molar-refractivity contribution in [2.45, 2.75) is 30.5 Å². The Balaban J connectivity index is 2.07. The molecule has 1 amide bonds. The maximum absolute atomic E-state index is 13.2. The minimum Gasteiger partial charge on any atom is -0.480 e. The van der Waals surface area contributed by atoms with Crippen molar-refractivity contribution in [3.63, 3.8) is 0 Å². The van der Waals surface area contributed by atoms with Crippen molar-refractivity contribution in [1.82, 2.24) is 0 Å². The number of halogens is 4. The molecule has 0 saturated carbocycles. The Morgan fingerprint density at radius 1 is 1.24 bits per heavy atom. The van der Waals surface area contributed by atoms with Gasteiger partial charge in [0.1, 0.15) is 5.75 Å². The van der Waals surface area contributed by atoms with Crippen LogP contribution in [0.3, 0.4) is 0 Å². The monoisotopic (exact) mass is 491 g/mol. The number of benzene rings is 2. The zero-order chi connectivity index (χ0) is 21.6. The SMILES string of the molecule is C[C@H](Oc1ccc(S(C)(=O)=O)cc1C(=O)N1CCc2c(Br)cccc21)C(F)(F)F. The second-order valence-electron chi connectivity index (χ2n) is 6.68. The molecule has 2 aromatic carbocycles. The van der Waals surface area contributed by atoms with E-state index >= 15 is 0 Å². The second kappa shape index (κ2) is 7.64. The van der Waals surface area contributed by atoms with Gasteiger partial charge in [0.05, 0.1) is 10.5 Å². The first-order chi connectivity index (χ1) is 13.4. The molecular weight excluding hydrogens is 475 g/mol. The molecule has 5 nitrogen and oxygen atoms in total. The number of hydrogen-bond donors (Lipinski definition) is 0. The average Bonchev–Trinajstić information content (AvgIpc) is 3.05. The van der Waals surface area contributed by atoms with E-state index < -0.39 is 28.0 Å². The smallest absolute Gasteiger partial charge is 0.425 e. The van der Waals surface area contributed by atoms with Gasteiger partial charge in [-0.25, -0.2) is 8.42 Å². The Labute approximate surface area is 174 Å². The third-order valence-corrected chi connectivity index (χ3v) is 6.44. The van der Waals surface area contributed by atoms with Crippen LogP contribution in [-0.2, 0) is 16.3 Å². The number of carbonyl (C=O) groups is 1. The molecule has 0 aromatic heterocycles. The van der Waals surface area contributed by atoms with E-state index in [1.165, 1.54) is 4.90 Å². The number of carbonyl (C=O) groups excluding carboxylic acids is 1. The van der Waals surface area contributed by atoms with Gasteiger partial charge in [0, 0.05) is 23.0 Å². The van der Waals surface area contributed by atoms with E-state index in [9.17, 15) is 26.4 Å². The summed E-state index contributed by atoms with van der Waals surface area (Å²) in [6.07, 6.45) is -5.29. The quantitative estimate of drug-likeness (QED) is 0.636. The summed E-state index contributed by atoms with van der Waals surface area (Å²) in [5.74, 6) is -0.951. The van der Waals surface area contributed by atoms with E-state index in [0.29, 0.717) is 18.7 Å². The van der Waals surface area contributed by atoms with Crippen molar-refractivity contribution in [3.8, 4) is 5.75 Å². The van der Waals surface area contributed by atoms with Crippen LogP contribution < -0.4 is 9.64 Å². The predicted molar refractivity (Wildman–Crippen MR) is 105 cm³/mol. The molecule has 1 atom stereocenters. The molecule has 1 heterocycles. The minimum atomic E-state index is -4.64. The lowest BCUT2D eigenvalue weighted by molar-refractivity contribution is -0.189. The molecule has 1 aliphatic rings. The number of fused-ring (bicyclic) bond motifs is 1. The van der Waals surface area contributed by atoms with Crippen molar-refractivity contribution in [2.75, 3.05) is 17.7 Å². The number of anilines is 1. The average molecular weight is 492 g/mol. The lowest BCUT2D eigenvalue weighted by Crippen LogP contribution is -2.33. The molecule has 0 aliphatic carbocycles. The third-order valence-electron chi connectivity index (χ3n) is 4.59. The highest BCUT2D eigenvalue weighted by Gasteiger charge is 2.39. The van der Waals surface area contributed by atoms with Crippen molar-refractivity contribution >= 4 is 37.4 Å². The maximum atomic E-state index is 13.2. The number of amides is 1. The Morgan fingerprint density at radius 3 is 2.55 bits per heavy atom. The first-order valence-corrected chi connectivity index (χ1v) is 11.2. The molecule has 0 N–H and O–H groups in total. The Kier molecular flexibility index (Phi) is 5.70. The van der Waals surface area contributed by atoms with Crippen LogP contribution in [-0.4, -0.2) is 39.4 Å². The molecule has 1 aliphatic heterocycles. The van der Waals surface area contributed by atoms with Crippen LogP contribution in [0.5, 0.6) is 5.75 Å². The van der Waals surface area contributed by atoms with Crippen LogP contribution >= 0.6 is 15.9 Å². The van der Waals surface area contributed by atoms with E-state index in [1.54, 1.807) is 12.1 Å². The Bertz CT molecular complexity index is 1070. The highest BCUT2D eigenvalue weighted by Crippen LogP contribution is 2.36. The van der Waals surface area contributed by atoms with Crippen LogP contribution in [0.2, 0.25) is 0 Å². The number of rotatable bonds is 4. The maximum Gasteiger partial charge on any atom is 0.425 e. The molecule has 0 fully saturated rings. The van der Waals surface area contributed by atoms with E-state index in [-0.39, 0.29) is 16.2 Å². The molecule has 156 valence electrons. The summed E-state index contributed by atoms with van der Waals surface area (Å²) in [5, 5.41) is 0. The minimum absolute atomic E-state index is 0.179. The fourth-order valence-corrected chi connectivity index (χ4v) is 4.22. The van der Waals surface area contributed by atoms with Crippen molar-refractivity contribution < 1.29 is 31.1 Å². The van der Waals surface area contributed by atoms with Gasteiger partial charge in [0.25, 0.3) is 5.91 Å². The number of ether oxygens (including phenoxy) is 1. The van der Waals surface area contributed by atoms with Gasteiger partial charge in [-0.3, -0.25) is 4.79 Å². The first kappa shape index (κ1) is 21.6. The summed E-state index contributed by atoms with van der Waals surface area (Å²) in [6, 6.07) is 8.57. The highest BCUT2D eigenvalue weighted by molar-refractivity contribution is 9.10. The van der Waals surface area contributed by atoms with Gasteiger partial charge < -0.3 is 9.64 Å². The zero-order valence-electron chi connectivity index (χ0n) is 15.5. The summed E-state index contributed by atoms with van der Waals surface area (Å²) in [7, 11) is -3.68. The third kappa shape index (κ3) is 4.42. The number of sulfone groups is 1. The van der Waals surface area contributed by atoms with Crippen LogP contribution in [0, 0.1) is 0 Å². The van der Waals surface area contributed by atoms with Gasteiger partial charge in [-0.2, -0.15) is 13.2 Å². The van der Waals surface area contributed by atoms with E-state index in [4.69, 9.17) is 4.74 Å². The molecule has 0 radical (unpaired) electrons. The van der Waals surface area contributed by atoms with Crippen molar-refractivity contribution in [3.05, 3.63) is 52.0 Å². The van der Waals surface area contributed by atoms with E-state index in [1.807, 2.05) is 6.07 Å². The van der Waals surface area contributed by atoms with Crippen molar-refractivity contribution in [1.29, 1.82) is 0 Å². The second-order valence-corrected chi connectivity index (χ2v) is 9.55. The summed E-state index contributed by atoms with van der Waals surface area (Å²) < 4.78 is 68.5. The number of alkyl halides is 3. The van der Waals surface area contributed by atoms with Gasteiger partial charge >= 0.3 is 6.18 Å². The fourth-order valence-electron chi connectivity index (χ4n) is 3.01. The van der Waals surface area contributed by atoms with Gasteiger partial charge in [-0.1, -0.05) is 22.0 Å². The molecule has 10 heteroatoms. The normalized spacial score (nSPS) is 15.2. The van der Waals surface area contributed by atoms with Gasteiger partial charge in [0.2, 0.25) is 0 Å². The predicted octanol–water partition coefficient (Wildman–Crippen LogP) is 4.39. The molecule has 0 spiro atoms. The van der Waals surface area contributed by atoms with Gasteiger partial charge in [-0.15, -0.1) is 0 Å². The van der Waals surface area contributed by atoms with Crippen LogP contribution in [0.15, 0.2) is 45.8 Å². The van der Waals surface area contributed by atoms with Crippen LogP contribution in [0.1, 0.15) is 22.8 Å². The molecule has 2 aromatic rings. The number of nitrogens with zero attached hydrogens (tertiary/aromatic N) is 1. The number of hydrogen-bond acceptors (Lipinski definition) is 4. The molecular formula is C19H17BrF3NO4S. The van der Waals surface area contributed by atoms with Gasteiger partial charge in [-0.05, 0) is 49.2 Å². The summed E-state index contributed by atoms with van der Waals surface area (Å²) in [4.78, 5) is 14.4. The molecule has 0 bridgehead atoms. The topological polar surface area (TPSA) is 63.7 Å². The van der Waals surface area contributed by atoms with Crippen LogP contribution in [0.4, 0.5) is 18.9 Å². The molecule has 0 unspecified atom stereocenters. The first-order valence-electron chi connectivity index (χ1n) is 8.56. The molecule has 3 rings (SSSR count). The lowest BCUT2D eigenvalue weighted by atomic mass is 10.1. The summed E-state index contributed by atoms with van der Waals surface area (Å²) in [5.41, 5.74) is 1.27. The summed E-state index contributed by atoms with van der Waals surface area (Å²) >= 11 is 3.42. The zero-order valence-corrected chi connectivity index (χ0v) is 17.9. The van der Waals surface area contributed by atoms with E-state index in [2.05, 4.69) is 15.9 Å². The van der Waals surface area contributed by atoms with Crippen molar-refractivity contribution in [2.24, 2.45) is 0 Å². The Hall–Kier alpha value is -2.07. The fraction of sp³-hybridized carbons (Fsp3) is 0.316. The summed E-state index contributed by atoms with van der Waals surface area (Å²) in [6.45, 7) is 1.13.